The van der Waals surface area contributed by atoms with Gasteiger partial charge in [-0.3, -0.25) is 9.67 Å². The van der Waals surface area contributed by atoms with Gasteiger partial charge in [0.1, 0.15) is 5.82 Å². The number of nitrogens with one attached hydrogen (secondary N) is 1. The molecule has 7 heteroatoms. The van der Waals surface area contributed by atoms with Crippen LogP contribution < -0.4 is 5.32 Å². The number of nitrogens with zero attached hydrogens (tertiary/aromatic N) is 5. The lowest BCUT2D eigenvalue weighted by Crippen LogP contribution is -2.29. The fourth-order valence-corrected chi connectivity index (χ4v) is 5.23. The van der Waals surface area contributed by atoms with Crippen LogP contribution in [-0.4, -0.2) is 32.4 Å². The lowest BCUT2D eigenvalue weighted by Gasteiger charge is -2.23. The molecule has 3 aromatic heterocycles. The number of fused-ring (bicyclic) bond motifs is 2. The van der Waals surface area contributed by atoms with E-state index < -0.39 is 5.82 Å². The van der Waals surface area contributed by atoms with Crippen LogP contribution in [-0.2, 0) is 13.6 Å². The molecule has 0 unspecified atom stereocenters. The highest BCUT2D eigenvalue weighted by Gasteiger charge is 2.20. The van der Waals surface area contributed by atoms with Crippen molar-refractivity contribution in [2.24, 2.45) is 13.0 Å². The molecule has 0 bridgehead atoms. The first-order valence-electron chi connectivity index (χ1n) is 11.9. The van der Waals surface area contributed by atoms with Gasteiger partial charge in [-0.15, -0.1) is 0 Å². The maximum atomic E-state index is 14.7. The number of pyridine rings is 1. The second-order valence-electron chi connectivity index (χ2n) is 9.26. The highest BCUT2D eigenvalue weighted by molar-refractivity contribution is 6.02. The summed E-state index contributed by atoms with van der Waals surface area (Å²) in [7, 11) is 1.92. The molecular formula is C28H25FN6. The lowest BCUT2D eigenvalue weighted by atomic mass is 9.95. The molecule has 1 fully saturated rings. The van der Waals surface area contributed by atoms with E-state index in [9.17, 15) is 4.39 Å². The zero-order valence-corrected chi connectivity index (χ0v) is 19.5. The first-order valence-corrected chi connectivity index (χ1v) is 11.9. The molecule has 0 atom stereocenters. The molecule has 1 aliphatic rings. The van der Waals surface area contributed by atoms with E-state index >= 15 is 0 Å². The third kappa shape index (κ3) is 3.76. The smallest absolute Gasteiger partial charge is 0.222 e. The Bertz CT molecular complexity index is 1600. The Morgan fingerprint density at radius 1 is 1.06 bits per heavy atom. The predicted molar refractivity (Wildman–Crippen MR) is 137 cm³/mol. The number of halogens is 1. The van der Waals surface area contributed by atoms with Crippen molar-refractivity contribution in [1.29, 1.82) is 0 Å². The molecule has 0 amide bonds. The minimum atomic E-state index is -0.516. The fourth-order valence-electron chi connectivity index (χ4n) is 5.23. The van der Waals surface area contributed by atoms with E-state index in [2.05, 4.69) is 38.2 Å². The minimum absolute atomic E-state index is 0.0238. The van der Waals surface area contributed by atoms with Crippen molar-refractivity contribution in [1.82, 2.24) is 24.6 Å². The van der Waals surface area contributed by atoms with E-state index in [0.29, 0.717) is 11.5 Å². The van der Waals surface area contributed by atoms with Gasteiger partial charge in [0, 0.05) is 41.7 Å². The highest BCUT2D eigenvalue weighted by atomic mass is 19.1. The van der Waals surface area contributed by atoms with Crippen LogP contribution >= 0.6 is 0 Å². The molecule has 5 aromatic rings. The molecule has 35 heavy (non-hydrogen) atoms. The Morgan fingerprint density at radius 2 is 1.89 bits per heavy atom. The summed E-state index contributed by atoms with van der Waals surface area (Å²) < 4.78 is 18.9. The van der Waals surface area contributed by atoms with Gasteiger partial charge in [-0.1, -0.05) is 18.2 Å². The van der Waals surface area contributed by atoms with Crippen molar-refractivity contribution >= 4 is 27.5 Å². The number of piperidine rings is 1. The van der Waals surface area contributed by atoms with Crippen molar-refractivity contribution in [3.8, 4) is 22.4 Å². The van der Waals surface area contributed by atoms with Crippen LogP contribution in [0.5, 0.6) is 0 Å². The summed E-state index contributed by atoms with van der Waals surface area (Å²) in [4.78, 5) is 8.22. The molecule has 6 rings (SSSR count). The number of hydrogen-bond donors (Lipinski definition) is 1. The van der Waals surface area contributed by atoms with Crippen molar-refractivity contribution in [3.05, 3.63) is 78.3 Å². The predicted octanol–water partition coefficient (Wildman–Crippen LogP) is 5.95. The fraction of sp³-hybridized carbons (Fsp3) is 0.250. The third-order valence-electron chi connectivity index (χ3n) is 7.12. The van der Waals surface area contributed by atoms with Gasteiger partial charge < -0.3 is 9.88 Å². The Balaban J connectivity index is 1.54. The molecule has 4 heterocycles. The van der Waals surface area contributed by atoms with Gasteiger partial charge in [0.2, 0.25) is 5.69 Å². The van der Waals surface area contributed by atoms with Crippen LogP contribution in [0.3, 0.4) is 0 Å². The zero-order chi connectivity index (χ0) is 23.9. The Morgan fingerprint density at radius 3 is 2.69 bits per heavy atom. The molecule has 0 saturated carbocycles. The van der Waals surface area contributed by atoms with Gasteiger partial charge in [-0.05, 0) is 61.7 Å². The van der Waals surface area contributed by atoms with E-state index in [1.165, 1.54) is 6.07 Å². The molecule has 1 saturated heterocycles. The average molecular weight is 465 g/mol. The summed E-state index contributed by atoms with van der Waals surface area (Å²) in [5.41, 5.74) is 5.44. The Hall–Kier alpha value is -4.02. The van der Waals surface area contributed by atoms with Crippen molar-refractivity contribution < 1.29 is 4.39 Å². The SMILES string of the molecule is [C-]#[N+]c1ccc(-c2c(-c3ccc4c(cnn4C)c3)ncc3c2ccn3CC2CCNCC2)cc1F. The largest absolute Gasteiger partial charge is 0.346 e. The molecule has 0 radical (unpaired) electrons. The highest BCUT2D eigenvalue weighted by Crippen LogP contribution is 2.39. The molecule has 1 aliphatic heterocycles. The molecule has 0 spiro atoms. The number of rotatable bonds is 4. The Labute approximate surface area is 202 Å². The number of aryl methyl sites for hydroxylation is 1. The standard InChI is InChI=1S/C28H25FN6/c1-30-24-5-3-19(14-23(24)29)27-22-9-12-35(17-18-7-10-31-11-8-18)26(22)16-32-28(27)20-4-6-25-21(13-20)15-33-34(25)2/h3-6,9,12-16,18,31H,7-8,10-11,17H2,2H3. The van der Waals surface area contributed by atoms with Gasteiger partial charge in [-0.25, -0.2) is 9.24 Å². The van der Waals surface area contributed by atoms with Gasteiger partial charge >= 0.3 is 0 Å². The summed E-state index contributed by atoms with van der Waals surface area (Å²) in [6.07, 6.45) is 8.22. The van der Waals surface area contributed by atoms with E-state index in [-0.39, 0.29) is 5.69 Å². The topological polar surface area (TPSA) is 52.0 Å². The van der Waals surface area contributed by atoms with Gasteiger partial charge in [-0.2, -0.15) is 5.10 Å². The van der Waals surface area contributed by atoms with Crippen LogP contribution in [0.15, 0.2) is 61.1 Å². The monoisotopic (exact) mass is 464 g/mol. The van der Waals surface area contributed by atoms with Gasteiger partial charge in [0.25, 0.3) is 0 Å². The molecule has 2 aromatic carbocycles. The lowest BCUT2D eigenvalue weighted by molar-refractivity contribution is 0.337. The number of hydrogen-bond acceptors (Lipinski definition) is 3. The summed E-state index contributed by atoms with van der Waals surface area (Å²) in [6.45, 7) is 10.3. The molecule has 0 aliphatic carbocycles. The zero-order valence-electron chi connectivity index (χ0n) is 19.5. The quantitative estimate of drug-likeness (QED) is 0.335. The molecule has 174 valence electrons. The van der Waals surface area contributed by atoms with E-state index in [1.54, 1.807) is 6.07 Å². The van der Waals surface area contributed by atoms with Gasteiger partial charge in [0.15, 0.2) is 0 Å². The maximum absolute atomic E-state index is 14.7. The van der Waals surface area contributed by atoms with Gasteiger partial charge in [0.05, 0.1) is 35.7 Å². The van der Waals surface area contributed by atoms with Crippen LogP contribution in [0.1, 0.15) is 12.8 Å². The molecular weight excluding hydrogens is 439 g/mol. The van der Waals surface area contributed by atoms with Crippen LogP contribution in [0.4, 0.5) is 10.1 Å². The van der Waals surface area contributed by atoms with Crippen LogP contribution in [0.2, 0.25) is 0 Å². The van der Waals surface area contributed by atoms with E-state index in [0.717, 1.165) is 71.1 Å². The summed E-state index contributed by atoms with van der Waals surface area (Å²) in [5, 5.41) is 9.85. The van der Waals surface area contributed by atoms with Crippen molar-refractivity contribution in [2.45, 2.75) is 19.4 Å². The van der Waals surface area contributed by atoms with Crippen LogP contribution in [0.25, 0.3) is 49.0 Å². The molecule has 6 nitrogen and oxygen atoms in total. The van der Waals surface area contributed by atoms with E-state index in [1.807, 2.05) is 42.3 Å². The van der Waals surface area contributed by atoms with Crippen LogP contribution in [0, 0.1) is 18.3 Å². The van der Waals surface area contributed by atoms with Crippen molar-refractivity contribution in [3.63, 3.8) is 0 Å². The second kappa shape index (κ2) is 8.64. The normalized spacial score (nSPS) is 14.5. The number of benzene rings is 2. The summed E-state index contributed by atoms with van der Waals surface area (Å²) in [6, 6.07) is 13.1. The summed E-state index contributed by atoms with van der Waals surface area (Å²) in [5.74, 6) is 0.107. The summed E-state index contributed by atoms with van der Waals surface area (Å²) >= 11 is 0. The second-order valence-corrected chi connectivity index (χ2v) is 9.26. The average Bonchev–Trinajstić information content (AvgIpc) is 3.47. The first kappa shape index (κ1) is 21.5. The maximum Gasteiger partial charge on any atom is 0.222 e. The third-order valence-corrected chi connectivity index (χ3v) is 7.12. The number of aromatic nitrogens is 4. The minimum Gasteiger partial charge on any atom is -0.346 e. The van der Waals surface area contributed by atoms with Crippen molar-refractivity contribution in [2.75, 3.05) is 13.1 Å². The first-order chi connectivity index (χ1) is 17.1. The Kier molecular flexibility index (Phi) is 5.31. The van der Waals surface area contributed by atoms with E-state index in [4.69, 9.17) is 11.6 Å². The molecule has 1 N–H and O–H groups in total.